The van der Waals surface area contributed by atoms with E-state index in [4.69, 9.17) is 23.2 Å². The van der Waals surface area contributed by atoms with Gasteiger partial charge in [-0.15, -0.1) is 23.2 Å². The summed E-state index contributed by atoms with van der Waals surface area (Å²) in [5.41, 5.74) is 4.21. The third kappa shape index (κ3) is 5.30. The Kier molecular flexibility index (Phi) is 7.30. The van der Waals surface area contributed by atoms with Crippen molar-refractivity contribution in [3.8, 4) is 11.4 Å². The number of alkyl halides is 2. The van der Waals surface area contributed by atoms with Crippen LogP contribution in [0, 0.1) is 10.1 Å². The molecule has 0 saturated heterocycles. The van der Waals surface area contributed by atoms with Gasteiger partial charge in [0.2, 0.25) is 0 Å². The van der Waals surface area contributed by atoms with Crippen molar-refractivity contribution in [1.82, 2.24) is 9.97 Å². The van der Waals surface area contributed by atoms with Gasteiger partial charge in [-0.05, 0) is 54.6 Å². The van der Waals surface area contributed by atoms with Crippen LogP contribution in [0.1, 0.15) is 10.4 Å². The minimum atomic E-state index is -0.448. The number of nitrogens with zero attached hydrogens (tertiary/aromatic N) is 3. The smallest absolute Gasteiger partial charge is 0.269 e. The van der Waals surface area contributed by atoms with Crippen molar-refractivity contribution in [3.05, 3.63) is 82.4 Å². The van der Waals surface area contributed by atoms with Crippen molar-refractivity contribution in [2.75, 3.05) is 35.1 Å². The summed E-state index contributed by atoms with van der Waals surface area (Å²) in [6.07, 6.45) is 0. The number of nitro groups is 1. The fourth-order valence-corrected chi connectivity index (χ4v) is 3.97. The van der Waals surface area contributed by atoms with Gasteiger partial charge in [0.05, 0.1) is 16.0 Å². The van der Waals surface area contributed by atoms with Gasteiger partial charge in [0.15, 0.2) is 0 Å². The average molecular weight is 498 g/mol. The predicted molar refractivity (Wildman–Crippen MR) is 136 cm³/mol. The molecule has 4 rings (SSSR count). The number of anilines is 2. The molecule has 0 unspecified atom stereocenters. The first kappa shape index (κ1) is 23.5. The van der Waals surface area contributed by atoms with Gasteiger partial charge in [0.25, 0.3) is 11.6 Å². The zero-order chi connectivity index (χ0) is 24.1. The maximum Gasteiger partial charge on any atom is 0.269 e. The molecule has 0 aliphatic heterocycles. The van der Waals surface area contributed by atoms with Gasteiger partial charge in [0.1, 0.15) is 5.82 Å². The van der Waals surface area contributed by atoms with E-state index in [2.05, 4.69) is 20.2 Å². The second-order valence-electron chi connectivity index (χ2n) is 7.49. The molecule has 8 nitrogen and oxygen atoms in total. The summed E-state index contributed by atoms with van der Waals surface area (Å²) in [5, 5.41) is 13.8. The van der Waals surface area contributed by atoms with Crippen LogP contribution in [-0.2, 0) is 0 Å². The number of carbonyl (C=O) groups is 1. The molecule has 2 N–H and O–H groups in total. The SMILES string of the molecule is O=C(Nc1ccc(N(CCCl)CCCl)cc1)c1ccc2[nH]c(-c3ccc([N+](=O)[O-])cc3)nc2c1. The highest BCUT2D eigenvalue weighted by Gasteiger charge is 2.12. The summed E-state index contributed by atoms with van der Waals surface area (Å²) in [4.78, 5) is 33.0. The van der Waals surface area contributed by atoms with E-state index in [1.54, 1.807) is 30.3 Å². The van der Waals surface area contributed by atoms with E-state index in [9.17, 15) is 14.9 Å². The van der Waals surface area contributed by atoms with E-state index >= 15 is 0 Å². The Morgan fingerprint density at radius 3 is 2.29 bits per heavy atom. The number of imidazole rings is 1. The number of benzene rings is 3. The zero-order valence-corrected chi connectivity index (χ0v) is 19.5. The Morgan fingerprint density at radius 2 is 1.68 bits per heavy atom. The summed E-state index contributed by atoms with van der Waals surface area (Å²) in [6.45, 7) is 1.37. The van der Waals surface area contributed by atoms with E-state index in [0.29, 0.717) is 53.0 Å². The monoisotopic (exact) mass is 497 g/mol. The number of carbonyl (C=O) groups excluding carboxylic acids is 1. The molecule has 1 heterocycles. The van der Waals surface area contributed by atoms with E-state index in [1.807, 2.05) is 24.3 Å². The number of non-ortho nitro benzene ring substituents is 1. The Bertz CT molecular complexity index is 1300. The first-order valence-corrected chi connectivity index (χ1v) is 11.6. The van der Waals surface area contributed by atoms with Crippen LogP contribution in [0.2, 0.25) is 0 Å². The molecule has 34 heavy (non-hydrogen) atoms. The number of fused-ring (bicyclic) bond motifs is 1. The molecule has 0 atom stereocenters. The molecule has 0 aliphatic carbocycles. The van der Waals surface area contributed by atoms with Gasteiger partial charge in [0, 0.05) is 59.5 Å². The highest BCUT2D eigenvalue weighted by atomic mass is 35.5. The van der Waals surface area contributed by atoms with Crippen molar-refractivity contribution >= 4 is 57.2 Å². The van der Waals surface area contributed by atoms with Crippen LogP contribution in [0.25, 0.3) is 22.4 Å². The maximum absolute atomic E-state index is 12.8. The fraction of sp³-hybridized carbons (Fsp3) is 0.167. The third-order valence-corrected chi connectivity index (χ3v) is 5.63. The average Bonchev–Trinajstić information content (AvgIpc) is 3.28. The van der Waals surface area contributed by atoms with E-state index < -0.39 is 4.92 Å². The number of hydrogen-bond acceptors (Lipinski definition) is 5. The molecule has 10 heteroatoms. The van der Waals surface area contributed by atoms with E-state index in [-0.39, 0.29) is 11.6 Å². The number of hydrogen-bond donors (Lipinski definition) is 2. The van der Waals surface area contributed by atoms with Crippen LogP contribution in [0.4, 0.5) is 17.1 Å². The number of nitrogens with one attached hydrogen (secondary N) is 2. The second-order valence-corrected chi connectivity index (χ2v) is 8.24. The van der Waals surface area contributed by atoms with E-state index in [1.165, 1.54) is 12.1 Å². The van der Waals surface area contributed by atoms with Crippen LogP contribution in [0.3, 0.4) is 0 Å². The minimum Gasteiger partial charge on any atom is -0.369 e. The van der Waals surface area contributed by atoms with Gasteiger partial charge < -0.3 is 15.2 Å². The lowest BCUT2D eigenvalue weighted by molar-refractivity contribution is -0.384. The molecule has 0 spiro atoms. The van der Waals surface area contributed by atoms with Gasteiger partial charge in [-0.25, -0.2) is 4.98 Å². The molecule has 1 aromatic heterocycles. The maximum atomic E-state index is 12.8. The van der Waals surface area contributed by atoms with E-state index in [0.717, 1.165) is 11.2 Å². The van der Waals surface area contributed by atoms with Crippen molar-refractivity contribution in [2.45, 2.75) is 0 Å². The van der Waals surface area contributed by atoms with Crippen LogP contribution in [0.15, 0.2) is 66.7 Å². The minimum absolute atomic E-state index is 0.0117. The van der Waals surface area contributed by atoms with Crippen LogP contribution in [0.5, 0.6) is 0 Å². The fourth-order valence-electron chi connectivity index (χ4n) is 3.56. The Labute approximate surface area is 205 Å². The molecule has 0 radical (unpaired) electrons. The highest BCUT2D eigenvalue weighted by molar-refractivity contribution is 6.18. The molecular formula is C24H21Cl2N5O3. The Hall–Kier alpha value is -3.62. The molecule has 0 saturated carbocycles. The summed E-state index contributed by atoms with van der Waals surface area (Å²) >= 11 is 11.7. The molecule has 0 bridgehead atoms. The molecule has 0 fully saturated rings. The van der Waals surface area contributed by atoms with Gasteiger partial charge in [-0.2, -0.15) is 0 Å². The lowest BCUT2D eigenvalue weighted by atomic mass is 10.2. The summed E-state index contributed by atoms with van der Waals surface area (Å²) in [5.74, 6) is 1.30. The number of halogens is 2. The van der Waals surface area contributed by atoms with Crippen LogP contribution < -0.4 is 10.2 Å². The zero-order valence-electron chi connectivity index (χ0n) is 18.0. The predicted octanol–water partition coefficient (Wildman–Crippen LogP) is 5.67. The molecular weight excluding hydrogens is 477 g/mol. The first-order valence-electron chi connectivity index (χ1n) is 10.5. The molecule has 174 valence electrons. The molecule has 1 amide bonds. The van der Waals surface area contributed by atoms with Gasteiger partial charge >= 0.3 is 0 Å². The van der Waals surface area contributed by atoms with Gasteiger partial charge in [-0.3, -0.25) is 14.9 Å². The molecule has 3 aromatic carbocycles. The quantitative estimate of drug-likeness (QED) is 0.176. The standard InChI is InChI=1S/C24H21Cl2N5O3/c25-11-13-30(14-12-26)19-8-4-18(5-9-19)27-24(32)17-3-10-21-22(15-17)29-23(28-21)16-1-6-20(7-2-16)31(33)34/h1-10,15H,11-14H2,(H,27,32)(H,28,29). The second kappa shape index (κ2) is 10.5. The van der Waals surface area contributed by atoms with Crippen LogP contribution in [-0.4, -0.2) is 45.6 Å². The first-order chi connectivity index (χ1) is 16.5. The normalized spacial score (nSPS) is 10.9. The van der Waals surface area contributed by atoms with Crippen molar-refractivity contribution < 1.29 is 9.72 Å². The summed E-state index contributed by atoms with van der Waals surface area (Å²) in [7, 11) is 0. The van der Waals surface area contributed by atoms with Crippen molar-refractivity contribution in [1.29, 1.82) is 0 Å². The van der Waals surface area contributed by atoms with Crippen molar-refractivity contribution in [2.24, 2.45) is 0 Å². The highest BCUT2D eigenvalue weighted by Crippen LogP contribution is 2.24. The number of H-pyrrole nitrogens is 1. The van der Waals surface area contributed by atoms with Crippen molar-refractivity contribution in [3.63, 3.8) is 0 Å². The number of amides is 1. The lowest BCUT2D eigenvalue weighted by Crippen LogP contribution is -2.27. The lowest BCUT2D eigenvalue weighted by Gasteiger charge is -2.23. The van der Waals surface area contributed by atoms with Gasteiger partial charge in [-0.1, -0.05) is 0 Å². The number of nitro benzene ring substituents is 1. The number of rotatable bonds is 9. The topological polar surface area (TPSA) is 104 Å². The van der Waals surface area contributed by atoms with Crippen LogP contribution >= 0.6 is 23.2 Å². The molecule has 0 aliphatic rings. The molecule has 4 aromatic rings. The number of aromatic nitrogens is 2. The Morgan fingerprint density at radius 1 is 1.00 bits per heavy atom. The summed E-state index contributed by atoms with van der Waals surface area (Å²) < 4.78 is 0. The third-order valence-electron chi connectivity index (χ3n) is 5.30. The summed E-state index contributed by atoms with van der Waals surface area (Å²) in [6, 6.07) is 18.8. The number of aromatic amines is 1. The Balaban J connectivity index is 1.49. The largest absolute Gasteiger partial charge is 0.369 e.